The molecule has 0 spiro atoms. The molecule has 0 saturated carbocycles. The zero-order valence-electron chi connectivity index (χ0n) is 13.6. The van der Waals surface area contributed by atoms with Crippen molar-refractivity contribution in [3.05, 3.63) is 84.6 Å². The van der Waals surface area contributed by atoms with Crippen LogP contribution in [0.3, 0.4) is 0 Å². The van der Waals surface area contributed by atoms with Crippen LogP contribution < -0.4 is 5.32 Å². The standard InChI is InChI=1S/C19H20N2O3S/c22-25(23,24)16-13-17(11-14-20-18-7-3-1-4-8-18)12-15-21-19-9-5-2-6-10-19/h1-12,14-15,20H,13,16H2,(H,22,23,24)/b14-11+,17-12?,21-15?. The Morgan fingerprint density at radius 2 is 1.68 bits per heavy atom. The van der Waals surface area contributed by atoms with Gasteiger partial charge in [0.2, 0.25) is 0 Å². The fourth-order valence-corrected chi connectivity index (χ4v) is 2.48. The molecule has 0 aromatic heterocycles. The Kier molecular flexibility index (Phi) is 7.13. The lowest BCUT2D eigenvalue weighted by Crippen LogP contribution is -2.04. The first-order valence-corrected chi connectivity index (χ1v) is 9.35. The second-order valence-corrected chi connectivity index (χ2v) is 6.81. The fraction of sp³-hybridized carbons (Fsp3) is 0.105. The third kappa shape index (κ3) is 8.10. The van der Waals surface area contributed by atoms with E-state index in [2.05, 4.69) is 10.3 Å². The third-order valence-corrected chi connectivity index (χ3v) is 3.96. The van der Waals surface area contributed by atoms with Gasteiger partial charge in [0.1, 0.15) is 0 Å². The Bertz CT molecular complexity index is 843. The van der Waals surface area contributed by atoms with Crippen LogP contribution in [0.5, 0.6) is 0 Å². The summed E-state index contributed by atoms with van der Waals surface area (Å²) in [6, 6.07) is 19.0. The molecule has 2 aromatic rings. The molecule has 0 saturated heterocycles. The van der Waals surface area contributed by atoms with Crippen LogP contribution in [0.1, 0.15) is 6.42 Å². The predicted octanol–water partition coefficient (Wildman–Crippen LogP) is 4.22. The van der Waals surface area contributed by atoms with Crippen molar-refractivity contribution in [2.24, 2.45) is 4.99 Å². The van der Waals surface area contributed by atoms with Crippen molar-refractivity contribution in [3.8, 4) is 0 Å². The summed E-state index contributed by atoms with van der Waals surface area (Å²) in [7, 11) is -4.01. The molecule has 0 atom stereocenters. The van der Waals surface area contributed by atoms with Crippen LogP contribution in [0, 0.1) is 0 Å². The first-order chi connectivity index (χ1) is 12.0. The van der Waals surface area contributed by atoms with E-state index < -0.39 is 10.1 Å². The van der Waals surface area contributed by atoms with Gasteiger partial charge in [-0.15, -0.1) is 0 Å². The van der Waals surface area contributed by atoms with Gasteiger partial charge in [0.15, 0.2) is 0 Å². The average molecular weight is 356 g/mol. The Morgan fingerprint density at radius 3 is 2.32 bits per heavy atom. The van der Waals surface area contributed by atoms with Gasteiger partial charge < -0.3 is 5.32 Å². The van der Waals surface area contributed by atoms with E-state index in [1.807, 2.05) is 60.7 Å². The van der Waals surface area contributed by atoms with E-state index in [1.54, 1.807) is 24.6 Å². The minimum atomic E-state index is -4.01. The van der Waals surface area contributed by atoms with Crippen LogP contribution in [0.4, 0.5) is 11.4 Å². The molecule has 0 radical (unpaired) electrons. The minimum Gasteiger partial charge on any atom is -0.362 e. The van der Waals surface area contributed by atoms with Crippen LogP contribution in [-0.4, -0.2) is 24.9 Å². The molecule has 0 heterocycles. The highest BCUT2D eigenvalue weighted by atomic mass is 32.2. The van der Waals surface area contributed by atoms with Crippen molar-refractivity contribution < 1.29 is 13.0 Å². The summed E-state index contributed by atoms with van der Waals surface area (Å²) < 4.78 is 30.9. The summed E-state index contributed by atoms with van der Waals surface area (Å²) in [6.07, 6.45) is 7.01. The number of hydrogen-bond donors (Lipinski definition) is 2. The summed E-state index contributed by atoms with van der Waals surface area (Å²) in [5, 5.41) is 3.10. The first kappa shape index (κ1) is 18.6. The molecule has 0 amide bonds. The number of rotatable bonds is 8. The Hall–Kier alpha value is -2.70. The summed E-state index contributed by atoms with van der Waals surface area (Å²) in [5.74, 6) is -0.340. The van der Waals surface area contributed by atoms with Crippen molar-refractivity contribution in [1.82, 2.24) is 0 Å². The van der Waals surface area contributed by atoms with Crippen LogP contribution in [0.2, 0.25) is 0 Å². The molecule has 0 aliphatic heterocycles. The maximum absolute atomic E-state index is 11.0. The van der Waals surface area contributed by atoms with Gasteiger partial charge >= 0.3 is 0 Å². The number of anilines is 1. The van der Waals surface area contributed by atoms with E-state index in [0.29, 0.717) is 0 Å². The van der Waals surface area contributed by atoms with Crippen molar-refractivity contribution in [3.63, 3.8) is 0 Å². The number of aliphatic imine (C=N–C) groups is 1. The summed E-state index contributed by atoms with van der Waals surface area (Å²) in [6.45, 7) is 0. The van der Waals surface area contributed by atoms with E-state index in [0.717, 1.165) is 16.9 Å². The zero-order valence-corrected chi connectivity index (χ0v) is 14.4. The van der Waals surface area contributed by atoms with Gasteiger partial charge in [-0.05, 0) is 48.4 Å². The fourth-order valence-electron chi connectivity index (χ4n) is 1.98. The Labute approximate surface area is 148 Å². The van der Waals surface area contributed by atoms with Crippen molar-refractivity contribution in [1.29, 1.82) is 0 Å². The van der Waals surface area contributed by atoms with Crippen molar-refractivity contribution >= 4 is 27.7 Å². The molecule has 2 rings (SSSR count). The topological polar surface area (TPSA) is 78.8 Å². The van der Waals surface area contributed by atoms with Gasteiger partial charge in [-0.1, -0.05) is 36.4 Å². The number of hydrogen-bond acceptors (Lipinski definition) is 4. The van der Waals surface area contributed by atoms with Gasteiger partial charge in [-0.25, -0.2) is 0 Å². The van der Waals surface area contributed by atoms with E-state index in [9.17, 15) is 8.42 Å². The summed E-state index contributed by atoms with van der Waals surface area (Å²) in [4.78, 5) is 4.29. The lowest BCUT2D eigenvalue weighted by Gasteiger charge is -2.02. The van der Waals surface area contributed by atoms with Crippen molar-refractivity contribution in [2.45, 2.75) is 6.42 Å². The molecular weight excluding hydrogens is 336 g/mol. The Balaban J connectivity index is 2.06. The molecule has 2 aromatic carbocycles. The van der Waals surface area contributed by atoms with Crippen LogP contribution >= 0.6 is 0 Å². The second-order valence-electron chi connectivity index (χ2n) is 5.24. The van der Waals surface area contributed by atoms with Crippen LogP contribution in [-0.2, 0) is 10.1 Å². The maximum Gasteiger partial charge on any atom is 0.265 e. The number of para-hydroxylation sites is 2. The van der Waals surface area contributed by atoms with Crippen molar-refractivity contribution in [2.75, 3.05) is 11.1 Å². The summed E-state index contributed by atoms with van der Waals surface area (Å²) in [5.41, 5.74) is 2.45. The zero-order chi connectivity index (χ0) is 18.0. The molecule has 6 heteroatoms. The Morgan fingerprint density at radius 1 is 1.04 bits per heavy atom. The average Bonchev–Trinajstić information content (AvgIpc) is 2.60. The number of allylic oxidation sites excluding steroid dienone is 3. The molecule has 5 nitrogen and oxygen atoms in total. The number of nitrogens with zero attached hydrogens (tertiary/aromatic N) is 1. The molecule has 0 aliphatic carbocycles. The molecule has 25 heavy (non-hydrogen) atoms. The minimum absolute atomic E-state index is 0.187. The predicted molar refractivity (Wildman–Crippen MR) is 103 cm³/mol. The molecular formula is C19H20N2O3S. The van der Waals surface area contributed by atoms with Gasteiger partial charge in [-0.2, -0.15) is 8.42 Å². The molecule has 0 aliphatic rings. The molecule has 0 unspecified atom stereocenters. The maximum atomic E-state index is 11.0. The highest BCUT2D eigenvalue weighted by Crippen LogP contribution is 2.11. The normalized spacial score (nSPS) is 12.8. The lowest BCUT2D eigenvalue weighted by molar-refractivity contribution is 0.483. The van der Waals surface area contributed by atoms with E-state index in [4.69, 9.17) is 4.55 Å². The number of nitrogens with one attached hydrogen (secondary N) is 1. The van der Waals surface area contributed by atoms with E-state index in [-0.39, 0.29) is 12.2 Å². The SMILES string of the molecule is O=S(=O)(O)CCC(=CC=Nc1ccccc1)/C=C/Nc1ccccc1. The summed E-state index contributed by atoms with van der Waals surface area (Å²) >= 11 is 0. The second kappa shape index (κ2) is 9.56. The lowest BCUT2D eigenvalue weighted by atomic mass is 10.2. The molecule has 2 N–H and O–H groups in total. The van der Waals surface area contributed by atoms with Crippen LogP contribution in [0.15, 0.2) is 89.6 Å². The molecule has 0 fully saturated rings. The van der Waals surface area contributed by atoms with Gasteiger partial charge in [0.05, 0.1) is 11.4 Å². The largest absolute Gasteiger partial charge is 0.362 e. The van der Waals surface area contributed by atoms with E-state index in [1.165, 1.54) is 0 Å². The molecule has 130 valence electrons. The van der Waals surface area contributed by atoms with E-state index >= 15 is 0 Å². The monoisotopic (exact) mass is 356 g/mol. The quantitative estimate of drug-likeness (QED) is 0.422. The van der Waals surface area contributed by atoms with Crippen LogP contribution in [0.25, 0.3) is 0 Å². The smallest absolute Gasteiger partial charge is 0.265 e. The highest BCUT2D eigenvalue weighted by Gasteiger charge is 2.05. The van der Waals surface area contributed by atoms with Gasteiger partial charge in [0, 0.05) is 18.1 Å². The molecule has 0 bridgehead atoms. The number of benzene rings is 2. The first-order valence-electron chi connectivity index (χ1n) is 7.74. The third-order valence-electron chi connectivity index (χ3n) is 3.24. The highest BCUT2D eigenvalue weighted by molar-refractivity contribution is 7.85. The van der Waals surface area contributed by atoms with Gasteiger partial charge in [0.25, 0.3) is 10.1 Å². The van der Waals surface area contributed by atoms with Gasteiger partial charge in [-0.3, -0.25) is 9.55 Å².